The standard InChI is InChI=1S/C30H36ClN7O2/c1-6-21-12-22-14-29(13-21)16-30(29,15-22)40-28(39)37(24-9-7-23(31)8-10-24)26(32)25-27(36(5)17-33-25)34-20(4)38-19(3)11-18(2)35-38/h7-11,17,21-22,32,34H,4,6,12-16H2,1-3,5H3/t21-,22?,29?,30?/m1/s1. The van der Waals surface area contributed by atoms with Crippen molar-refractivity contribution in [2.45, 2.75) is 64.9 Å². The number of aromatic nitrogens is 4. The summed E-state index contributed by atoms with van der Waals surface area (Å²) in [7, 11) is 1.82. The zero-order valence-corrected chi connectivity index (χ0v) is 24.3. The van der Waals surface area contributed by atoms with Crippen molar-refractivity contribution in [2.75, 3.05) is 10.2 Å². The molecule has 210 valence electrons. The summed E-state index contributed by atoms with van der Waals surface area (Å²) >= 11 is 6.17. The zero-order chi connectivity index (χ0) is 28.4. The largest absolute Gasteiger partial charge is 0.442 e. The van der Waals surface area contributed by atoms with Crippen LogP contribution >= 0.6 is 11.6 Å². The third kappa shape index (κ3) is 4.31. The van der Waals surface area contributed by atoms with E-state index in [0.717, 1.165) is 37.1 Å². The molecule has 3 saturated carbocycles. The number of carbonyl (C=O) groups excluding carboxylic acids is 1. The van der Waals surface area contributed by atoms with Crippen LogP contribution in [-0.4, -0.2) is 36.9 Å². The van der Waals surface area contributed by atoms with E-state index in [1.54, 1.807) is 39.8 Å². The lowest BCUT2D eigenvalue weighted by Crippen LogP contribution is -2.41. The highest BCUT2D eigenvalue weighted by Gasteiger charge is 2.76. The molecule has 2 bridgehead atoms. The maximum absolute atomic E-state index is 14.0. The third-order valence-electron chi connectivity index (χ3n) is 9.15. The Labute approximate surface area is 239 Å². The number of ether oxygens (including phenoxy) is 1. The number of benzene rings is 1. The summed E-state index contributed by atoms with van der Waals surface area (Å²) in [6, 6.07) is 8.82. The Morgan fingerprint density at radius 3 is 2.70 bits per heavy atom. The van der Waals surface area contributed by atoms with E-state index in [0.29, 0.717) is 34.2 Å². The molecule has 9 nitrogen and oxygen atoms in total. The summed E-state index contributed by atoms with van der Waals surface area (Å²) < 4.78 is 9.86. The minimum absolute atomic E-state index is 0.0926. The Bertz CT molecular complexity index is 1510. The molecule has 6 rings (SSSR count). The SMILES string of the molecule is C=C(Nc1c(C(=N)N(C(=O)OC23CC4C[C@@H](CC)CC2(C4)C3)c2ccc(Cl)cc2)ncn1C)n1nc(C)cc1C. The van der Waals surface area contributed by atoms with E-state index in [4.69, 9.17) is 16.3 Å². The first-order valence-corrected chi connectivity index (χ1v) is 14.3. The van der Waals surface area contributed by atoms with Gasteiger partial charge in [0.25, 0.3) is 0 Å². The molecule has 0 saturated heterocycles. The van der Waals surface area contributed by atoms with Crippen LogP contribution in [0.3, 0.4) is 0 Å². The summed E-state index contributed by atoms with van der Waals surface area (Å²) in [6.45, 7) is 10.3. The van der Waals surface area contributed by atoms with Crippen molar-refractivity contribution in [2.24, 2.45) is 24.3 Å². The van der Waals surface area contributed by atoms with Crippen molar-refractivity contribution < 1.29 is 9.53 Å². The van der Waals surface area contributed by atoms with Crippen molar-refractivity contribution in [3.05, 3.63) is 65.3 Å². The van der Waals surface area contributed by atoms with Gasteiger partial charge in [-0.1, -0.05) is 31.5 Å². The Balaban J connectivity index is 1.30. The van der Waals surface area contributed by atoms with Gasteiger partial charge in [0.1, 0.15) is 22.9 Å². The van der Waals surface area contributed by atoms with E-state index in [9.17, 15) is 10.2 Å². The molecule has 2 aromatic heterocycles. The number of anilines is 2. The molecular formula is C30H36ClN7O2. The molecule has 3 aliphatic carbocycles. The van der Waals surface area contributed by atoms with Crippen molar-refractivity contribution in [3.63, 3.8) is 0 Å². The van der Waals surface area contributed by atoms with Gasteiger partial charge < -0.3 is 14.6 Å². The number of aryl methyl sites for hydroxylation is 3. The Kier molecular flexibility index (Phi) is 6.33. The van der Waals surface area contributed by atoms with Crippen LogP contribution in [0.1, 0.15) is 62.5 Å². The van der Waals surface area contributed by atoms with Gasteiger partial charge in [0.2, 0.25) is 0 Å². The molecule has 4 atom stereocenters. The lowest BCUT2D eigenvalue weighted by molar-refractivity contribution is 0.0691. The monoisotopic (exact) mass is 561 g/mol. The van der Waals surface area contributed by atoms with E-state index in [1.807, 2.05) is 27.0 Å². The summed E-state index contributed by atoms with van der Waals surface area (Å²) in [5, 5.41) is 17.5. The van der Waals surface area contributed by atoms with Crippen LogP contribution in [0, 0.1) is 36.5 Å². The Morgan fingerprint density at radius 1 is 1.27 bits per heavy atom. The Hall–Kier alpha value is -3.59. The predicted molar refractivity (Wildman–Crippen MR) is 157 cm³/mol. The quantitative estimate of drug-likeness (QED) is 0.245. The fraction of sp³-hybridized carbons (Fsp3) is 0.467. The second-order valence-electron chi connectivity index (χ2n) is 11.9. The molecule has 3 unspecified atom stereocenters. The van der Waals surface area contributed by atoms with Gasteiger partial charge in [0, 0.05) is 23.2 Å². The van der Waals surface area contributed by atoms with Crippen molar-refractivity contribution >= 4 is 40.9 Å². The molecule has 0 aliphatic heterocycles. The summed E-state index contributed by atoms with van der Waals surface area (Å²) in [5.41, 5.74) is 2.23. The normalized spacial score (nSPS) is 26.2. The molecule has 0 radical (unpaired) electrons. The molecule has 2 N–H and O–H groups in total. The summed E-state index contributed by atoms with van der Waals surface area (Å²) in [4.78, 5) is 19.8. The lowest BCUT2D eigenvalue weighted by Gasteiger charge is -2.29. The van der Waals surface area contributed by atoms with Gasteiger partial charge in [-0.05, 0) is 88.1 Å². The molecule has 10 heteroatoms. The van der Waals surface area contributed by atoms with Gasteiger partial charge in [-0.3, -0.25) is 5.41 Å². The summed E-state index contributed by atoms with van der Waals surface area (Å²) in [5.74, 6) is 2.22. The first-order valence-electron chi connectivity index (χ1n) is 13.9. The number of hydrogen-bond acceptors (Lipinski definition) is 6. The molecule has 2 heterocycles. The number of hydrogen-bond donors (Lipinski definition) is 2. The van der Waals surface area contributed by atoms with Gasteiger partial charge in [-0.2, -0.15) is 5.10 Å². The maximum Gasteiger partial charge on any atom is 0.420 e. The smallest absolute Gasteiger partial charge is 0.420 e. The molecule has 1 aromatic carbocycles. The predicted octanol–water partition coefficient (Wildman–Crippen LogP) is 6.75. The average Bonchev–Trinajstić information content (AvgIpc) is 3.15. The van der Waals surface area contributed by atoms with E-state index in [-0.39, 0.29) is 16.9 Å². The molecule has 3 aromatic rings. The zero-order valence-electron chi connectivity index (χ0n) is 23.5. The average molecular weight is 562 g/mol. The fourth-order valence-corrected chi connectivity index (χ4v) is 7.46. The number of halogens is 1. The lowest BCUT2D eigenvalue weighted by atomic mass is 9.75. The minimum Gasteiger partial charge on any atom is -0.442 e. The first-order chi connectivity index (χ1) is 19.0. The van der Waals surface area contributed by atoms with Gasteiger partial charge in [-0.25, -0.2) is 19.4 Å². The van der Waals surface area contributed by atoms with Crippen LogP contribution in [0.2, 0.25) is 5.02 Å². The van der Waals surface area contributed by atoms with Crippen LogP contribution in [0.15, 0.2) is 43.2 Å². The van der Waals surface area contributed by atoms with E-state index in [1.165, 1.54) is 17.7 Å². The topological polar surface area (TPSA) is 101 Å². The second-order valence-corrected chi connectivity index (χ2v) is 12.4. The van der Waals surface area contributed by atoms with Crippen LogP contribution in [0.5, 0.6) is 0 Å². The van der Waals surface area contributed by atoms with Gasteiger partial charge >= 0.3 is 6.09 Å². The van der Waals surface area contributed by atoms with Gasteiger partial charge in [0.05, 0.1) is 17.7 Å². The molecule has 3 fully saturated rings. The van der Waals surface area contributed by atoms with E-state index < -0.39 is 11.7 Å². The molecule has 1 spiro atoms. The summed E-state index contributed by atoms with van der Waals surface area (Å²) in [6.07, 6.45) is 7.52. The van der Waals surface area contributed by atoms with Crippen molar-refractivity contribution in [1.82, 2.24) is 19.3 Å². The number of nitrogens with one attached hydrogen (secondary N) is 2. The molecular weight excluding hydrogens is 526 g/mol. The number of amidine groups is 1. The van der Waals surface area contributed by atoms with E-state index >= 15 is 0 Å². The highest BCUT2D eigenvalue weighted by Crippen LogP contribution is 2.76. The highest BCUT2D eigenvalue weighted by molar-refractivity contribution is 6.30. The van der Waals surface area contributed by atoms with E-state index in [2.05, 4.69) is 28.9 Å². The third-order valence-corrected chi connectivity index (χ3v) is 9.40. The number of amides is 1. The maximum atomic E-state index is 14.0. The van der Waals surface area contributed by atoms with Gasteiger partial charge in [0.15, 0.2) is 5.84 Å². The molecule has 3 aliphatic rings. The van der Waals surface area contributed by atoms with Crippen LogP contribution in [0.4, 0.5) is 16.3 Å². The van der Waals surface area contributed by atoms with Crippen LogP contribution < -0.4 is 10.2 Å². The first kappa shape index (κ1) is 26.6. The molecule has 40 heavy (non-hydrogen) atoms. The van der Waals surface area contributed by atoms with Crippen molar-refractivity contribution in [1.29, 1.82) is 5.41 Å². The highest BCUT2D eigenvalue weighted by atomic mass is 35.5. The molecule has 1 amide bonds. The minimum atomic E-state index is -0.557. The van der Waals surface area contributed by atoms with Crippen molar-refractivity contribution in [3.8, 4) is 0 Å². The number of fused-ring (bicyclic) bond motifs is 1. The van der Waals surface area contributed by atoms with Gasteiger partial charge in [-0.15, -0.1) is 0 Å². The number of carbonyl (C=O) groups is 1. The fourth-order valence-electron chi connectivity index (χ4n) is 7.33. The number of rotatable bonds is 7. The second kappa shape index (κ2) is 9.51. The van der Waals surface area contributed by atoms with Crippen LogP contribution in [0.25, 0.3) is 5.82 Å². The Morgan fingerprint density at radius 2 is 2.02 bits per heavy atom. The number of imidazole rings is 1. The number of nitrogens with zero attached hydrogens (tertiary/aromatic N) is 5. The van der Waals surface area contributed by atoms with Crippen LogP contribution in [-0.2, 0) is 11.8 Å².